The minimum absolute atomic E-state index is 0.340. The summed E-state index contributed by atoms with van der Waals surface area (Å²) in [6.07, 6.45) is 1.57. The lowest BCUT2D eigenvalue weighted by Crippen LogP contribution is -2.03. The summed E-state index contributed by atoms with van der Waals surface area (Å²) in [5.41, 5.74) is 7.63. The molecule has 18 heavy (non-hydrogen) atoms. The number of nitrogen functional groups attached to an aromatic ring is 1. The molecule has 0 radical (unpaired) electrons. The van der Waals surface area contributed by atoms with E-state index >= 15 is 0 Å². The fourth-order valence-electron chi connectivity index (χ4n) is 1.49. The molecule has 0 fully saturated rings. The first-order valence-corrected chi connectivity index (χ1v) is 6.60. The summed E-state index contributed by atoms with van der Waals surface area (Å²) in [4.78, 5) is 4.03. The summed E-state index contributed by atoms with van der Waals surface area (Å²) in [6, 6.07) is 12.4. The summed E-state index contributed by atoms with van der Waals surface area (Å²) >= 11 is 0. The molecule has 0 amide bonds. The van der Waals surface area contributed by atoms with Crippen molar-refractivity contribution in [3.05, 3.63) is 53.7 Å². The topological polar surface area (TPSA) is 79.8 Å². The van der Waals surface area contributed by atoms with Gasteiger partial charge in [-0.05, 0) is 29.8 Å². The number of nitrogens with two attached hydrogens (primary N) is 1. The Labute approximate surface area is 108 Å². The van der Waals surface area contributed by atoms with Crippen LogP contribution in [0.1, 0.15) is 11.1 Å². The number of pyridine rings is 1. The number of benzene rings is 1. The first-order valence-electron chi connectivity index (χ1n) is 5.28. The van der Waals surface area contributed by atoms with E-state index in [1.807, 2.05) is 6.07 Å². The third kappa shape index (κ3) is 2.73. The van der Waals surface area contributed by atoms with Crippen molar-refractivity contribution in [3.8, 4) is 6.07 Å². The average molecular weight is 257 g/mol. The van der Waals surface area contributed by atoms with Crippen LogP contribution in [0.4, 0.5) is 5.69 Å². The Morgan fingerprint density at radius 1 is 1.28 bits per heavy atom. The van der Waals surface area contributed by atoms with Gasteiger partial charge in [0, 0.05) is 6.20 Å². The fourth-order valence-corrected chi connectivity index (χ4v) is 2.63. The maximum absolute atomic E-state index is 12.1. The van der Waals surface area contributed by atoms with E-state index in [0.717, 1.165) is 5.56 Å². The molecular weight excluding hydrogens is 246 g/mol. The zero-order chi connectivity index (χ0) is 13.0. The Hall–Kier alpha value is -2.19. The van der Waals surface area contributed by atoms with Crippen molar-refractivity contribution in [1.82, 2.24) is 4.98 Å². The first kappa shape index (κ1) is 12.3. The van der Waals surface area contributed by atoms with Gasteiger partial charge in [-0.3, -0.25) is 4.21 Å². The van der Waals surface area contributed by atoms with E-state index < -0.39 is 10.8 Å². The summed E-state index contributed by atoms with van der Waals surface area (Å²) in [5, 5.41) is 9.09. The first-order chi connectivity index (χ1) is 8.70. The molecule has 0 aliphatic heterocycles. The molecule has 4 nitrogen and oxygen atoms in total. The number of rotatable bonds is 3. The standard InChI is InChI=1S/C13H11N3OS/c14-8-10-3-5-11(6-4-10)9-18(17)13-12(15)2-1-7-16-13/h1-7H,9,15H2. The molecule has 0 aliphatic carbocycles. The highest BCUT2D eigenvalue weighted by Gasteiger charge is 2.09. The van der Waals surface area contributed by atoms with Gasteiger partial charge in [-0.15, -0.1) is 0 Å². The third-order valence-corrected chi connectivity index (χ3v) is 3.76. The van der Waals surface area contributed by atoms with Gasteiger partial charge in [0.2, 0.25) is 0 Å². The molecule has 1 aromatic heterocycles. The maximum Gasteiger partial charge on any atom is 0.150 e. The molecule has 1 aromatic carbocycles. The Balaban J connectivity index is 2.17. The summed E-state index contributed by atoms with van der Waals surface area (Å²) in [7, 11) is -1.27. The molecule has 90 valence electrons. The van der Waals surface area contributed by atoms with Gasteiger partial charge in [0.25, 0.3) is 0 Å². The van der Waals surface area contributed by atoms with Crippen LogP contribution in [-0.2, 0) is 16.6 Å². The Bertz CT molecular complexity index is 617. The second kappa shape index (κ2) is 5.43. The quantitative estimate of drug-likeness (QED) is 0.909. The number of nitrogens with zero attached hydrogens (tertiary/aromatic N) is 2. The molecule has 1 atom stereocenters. The molecule has 5 heteroatoms. The largest absolute Gasteiger partial charge is 0.396 e. The van der Waals surface area contributed by atoms with Crippen molar-refractivity contribution in [3.63, 3.8) is 0 Å². The van der Waals surface area contributed by atoms with Crippen LogP contribution in [0.2, 0.25) is 0 Å². The number of anilines is 1. The molecule has 1 unspecified atom stereocenters. The molecule has 1 heterocycles. The van der Waals surface area contributed by atoms with Crippen LogP contribution in [0.3, 0.4) is 0 Å². The smallest absolute Gasteiger partial charge is 0.150 e. The lowest BCUT2D eigenvalue weighted by atomic mass is 10.2. The molecule has 0 bridgehead atoms. The van der Waals surface area contributed by atoms with Gasteiger partial charge in [-0.1, -0.05) is 12.1 Å². The van der Waals surface area contributed by atoms with E-state index in [-0.39, 0.29) is 0 Å². The zero-order valence-electron chi connectivity index (χ0n) is 9.54. The van der Waals surface area contributed by atoms with Gasteiger partial charge in [0.05, 0.1) is 33.9 Å². The number of aromatic nitrogens is 1. The Morgan fingerprint density at radius 3 is 2.61 bits per heavy atom. The normalized spacial score (nSPS) is 11.7. The molecule has 0 saturated heterocycles. The van der Waals surface area contributed by atoms with Crippen molar-refractivity contribution in [2.75, 3.05) is 5.73 Å². The molecule has 0 saturated carbocycles. The molecular formula is C13H11N3OS. The van der Waals surface area contributed by atoms with Crippen molar-refractivity contribution in [2.24, 2.45) is 0 Å². The maximum atomic E-state index is 12.1. The van der Waals surface area contributed by atoms with E-state index in [1.54, 1.807) is 42.6 Å². The highest BCUT2D eigenvalue weighted by molar-refractivity contribution is 7.84. The van der Waals surface area contributed by atoms with E-state index in [0.29, 0.717) is 22.0 Å². The minimum atomic E-state index is -1.27. The van der Waals surface area contributed by atoms with Gasteiger partial charge >= 0.3 is 0 Å². The van der Waals surface area contributed by atoms with Gasteiger partial charge < -0.3 is 5.73 Å². The minimum Gasteiger partial charge on any atom is -0.396 e. The van der Waals surface area contributed by atoms with Crippen molar-refractivity contribution >= 4 is 16.5 Å². The van der Waals surface area contributed by atoms with Crippen LogP contribution in [0.15, 0.2) is 47.6 Å². The van der Waals surface area contributed by atoms with Crippen LogP contribution in [0.25, 0.3) is 0 Å². The van der Waals surface area contributed by atoms with Crippen molar-refractivity contribution in [1.29, 1.82) is 5.26 Å². The van der Waals surface area contributed by atoms with Crippen LogP contribution in [-0.4, -0.2) is 9.19 Å². The highest BCUT2D eigenvalue weighted by atomic mass is 32.2. The summed E-state index contributed by atoms with van der Waals surface area (Å²) in [6.45, 7) is 0. The van der Waals surface area contributed by atoms with Gasteiger partial charge in [-0.25, -0.2) is 4.98 Å². The fraction of sp³-hybridized carbons (Fsp3) is 0.0769. The number of hydrogen-bond acceptors (Lipinski definition) is 4. The lowest BCUT2D eigenvalue weighted by molar-refractivity contribution is 0.680. The summed E-state index contributed by atoms with van der Waals surface area (Å²) < 4.78 is 12.1. The highest BCUT2D eigenvalue weighted by Crippen LogP contribution is 2.16. The summed E-state index contributed by atoms with van der Waals surface area (Å²) in [5.74, 6) is 0.340. The monoisotopic (exact) mass is 257 g/mol. The molecule has 2 aromatic rings. The van der Waals surface area contributed by atoms with E-state index in [1.165, 1.54) is 0 Å². The van der Waals surface area contributed by atoms with Crippen molar-refractivity contribution < 1.29 is 4.21 Å². The lowest BCUT2D eigenvalue weighted by Gasteiger charge is -2.04. The van der Waals surface area contributed by atoms with E-state index in [2.05, 4.69) is 4.98 Å². The molecule has 0 spiro atoms. The number of nitriles is 1. The molecule has 2 rings (SSSR count). The van der Waals surface area contributed by atoms with E-state index in [9.17, 15) is 4.21 Å². The van der Waals surface area contributed by atoms with Crippen LogP contribution < -0.4 is 5.73 Å². The number of hydrogen-bond donors (Lipinski definition) is 1. The second-order valence-electron chi connectivity index (χ2n) is 3.70. The van der Waals surface area contributed by atoms with Gasteiger partial charge in [0.1, 0.15) is 5.03 Å². The Kier molecular flexibility index (Phi) is 3.70. The van der Waals surface area contributed by atoms with Gasteiger partial charge in [-0.2, -0.15) is 5.26 Å². The second-order valence-corrected chi connectivity index (χ2v) is 5.06. The Morgan fingerprint density at radius 2 is 2.00 bits per heavy atom. The molecule has 0 aliphatic rings. The van der Waals surface area contributed by atoms with E-state index in [4.69, 9.17) is 11.0 Å². The van der Waals surface area contributed by atoms with Crippen molar-refractivity contribution in [2.45, 2.75) is 10.8 Å². The predicted octanol–water partition coefficient (Wildman–Crippen LogP) is 1.84. The van der Waals surface area contributed by atoms with Crippen LogP contribution in [0, 0.1) is 11.3 Å². The predicted molar refractivity (Wildman–Crippen MR) is 69.9 cm³/mol. The van der Waals surface area contributed by atoms with Gasteiger partial charge in [0.15, 0.2) is 0 Å². The van der Waals surface area contributed by atoms with Crippen LogP contribution in [0.5, 0.6) is 0 Å². The third-order valence-electron chi connectivity index (χ3n) is 2.40. The SMILES string of the molecule is N#Cc1ccc(CS(=O)c2ncccc2N)cc1. The zero-order valence-corrected chi connectivity index (χ0v) is 10.4. The molecule has 2 N–H and O–H groups in total. The average Bonchev–Trinajstić information content (AvgIpc) is 2.40. The van der Waals surface area contributed by atoms with Crippen LogP contribution >= 0.6 is 0 Å².